The summed E-state index contributed by atoms with van der Waals surface area (Å²) in [4.78, 5) is 10.7. The maximum Gasteiger partial charge on any atom is 0.249 e. The largest absolute Gasteiger partial charge is 0.495 e. The van der Waals surface area contributed by atoms with Gasteiger partial charge in [0, 0.05) is 25.0 Å². The molecule has 3 aromatic rings. The number of benzene rings is 1. The first kappa shape index (κ1) is 18.5. The molecule has 0 saturated carbocycles. The number of hydrogen-bond donors (Lipinski definition) is 2. The van der Waals surface area contributed by atoms with Crippen molar-refractivity contribution in [3.05, 3.63) is 42.1 Å². The Labute approximate surface area is 167 Å². The Morgan fingerprint density at radius 1 is 1.24 bits per heavy atom. The molecule has 10 nitrogen and oxygen atoms in total. The third-order valence-electron chi connectivity index (χ3n) is 4.53. The number of pyridine rings is 1. The minimum Gasteiger partial charge on any atom is -0.495 e. The predicted octanol–water partition coefficient (Wildman–Crippen LogP) is 1.70. The summed E-state index contributed by atoms with van der Waals surface area (Å²) >= 11 is 0. The van der Waals surface area contributed by atoms with Crippen LogP contribution < -0.4 is 20.7 Å². The van der Waals surface area contributed by atoms with E-state index in [0.717, 1.165) is 24.5 Å². The Morgan fingerprint density at radius 2 is 2.07 bits per heavy atom. The van der Waals surface area contributed by atoms with E-state index in [1.807, 2.05) is 24.3 Å². The first-order valence-corrected chi connectivity index (χ1v) is 9.05. The van der Waals surface area contributed by atoms with Crippen molar-refractivity contribution in [2.24, 2.45) is 0 Å². The number of hydrogen-bond acceptors (Lipinski definition) is 9. The van der Waals surface area contributed by atoms with Crippen LogP contribution in [0.5, 0.6) is 5.75 Å². The third-order valence-corrected chi connectivity index (χ3v) is 4.53. The monoisotopic (exact) mass is 392 g/mol. The summed E-state index contributed by atoms with van der Waals surface area (Å²) in [7, 11) is 1.61. The number of nitrogens with two attached hydrogens (primary N) is 1. The molecule has 3 N–H and O–H groups in total. The van der Waals surface area contributed by atoms with Crippen LogP contribution in [0.2, 0.25) is 0 Å². The summed E-state index contributed by atoms with van der Waals surface area (Å²) < 4.78 is 12.3. The van der Waals surface area contributed by atoms with Crippen LogP contribution in [0.4, 0.5) is 23.3 Å². The van der Waals surface area contributed by atoms with Gasteiger partial charge in [0.2, 0.25) is 11.9 Å². The number of ether oxygens (including phenoxy) is 2. The molecule has 0 atom stereocenters. The maximum absolute atomic E-state index is 8.91. The molecule has 10 heteroatoms. The van der Waals surface area contributed by atoms with E-state index < -0.39 is 0 Å². The number of rotatable bonds is 5. The van der Waals surface area contributed by atoms with Crippen LogP contribution in [0, 0.1) is 11.3 Å². The summed E-state index contributed by atoms with van der Waals surface area (Å²) in [5.41, 5.74) is 8.24. The van der Waals surface area contributed by atoms with Crippen LogP contribution in [0.15, 0.2) is 36.5 Å². The topological polar surface area (TPSA) is 127 Å². The van der Waals surface area contributed by atoms with Crippen molar-refractivity contribution >= 4 is 23.3 Å². The highest BCUT2D eigenvalue weighted by Crippen LogP contribution is 2.32. The van der Waals surface area contributed by atoms with Crippen molar-refractivity contribution in [2.75, 3.05) is 49.4 Å². The number of morpholine rings is 1. The minimum absolute atomic E-state index is 0.174. The molecule has 1 saturated heterocycles. The lowest BCUT2D eigenvalue weighted by atomic mass is 10.2. The standard InChI is InChI=1S/C19H20N8O2/c1-28-16-4-3-14(26-6-8-29-9-7-26)10-15(16)23-19-24-18(21)27(25-19)17-5-2-13(11-20)12-22-17/h2-5,10,12H,6-9H2,1H3,(H3,21,23,24,25). The Kier molecular flexibility index (Phi) is 5.13. The first-order chi connectivity index (χ1) is 14.2. The number of nitrogen functional groups attached to an aromatic ring is 1. The molecule has 4 rings (SSSR count). The lowest BCUT2D eigenvalue weighted by Gasteiger charge is -2.29. The smallest absolute Gasteiger partial charge is 0.249 e. The van der Waals surface area contributed by atoms with Crippen LogP contribution in [0.3, 0.4) is 0 Å². The van der Waals surface area contributed by atoms with Gasteiger partial charge in [-0.25, -0.2) is 4.98 Å². The number of nitriles is 1. The lowest BCUT2D eigenvalue weighted by Crippen LogP contribution is -2.36. The van der Waals surface area contributed by atoms with Gasteiger partial charge in [-0.1, -0.05) is 0 Å². The van der Waals surface area contributed by atoms with Crippen molar-refractivity contribution in [1.29, 1.82) is 5.26 Å². The van der Waals surface area contributed by atoms with E-state index >= 15 is 0 Å². The zero-order chi connectivity index (χ0) is 20.2. The van der Waals surface area contributed by atoms with Gasteiger partial charge in [-0.05, 0) is 30.3 Å². The summed E-state index contributed by atoms with van der Waals surface area (Å²) in [6, 6.07) is 11.2. The van der Waals surface area contributed by atoms with Gasteiger partial charge in [-0.2, -0.15) is 14.9 Å². The van der Waals surface area contributed by atoms with Crippen molar-refractivity contribution in [1.82, 2.24) is 19.7 Å². The second kappa shape index (κ2) is 8.04. The molecule has 1 fully saturated rings. The van der Waals surface area contributed by atoms with Crippen LogP contribution in [-0.4, -0.2) is 53.2 Å². The fraction of sp³-hybridized carbons (Fsp3) is 0.263. The molecule has 1 aliphatic heterocycles. The van der Waals surface area contributed by atoms with Gasteiger partial charge in [0.15, 0.2) is 5.82 Å². The molecule has 0 unspecified atom stereocenters. The Morgan fingerprint density at radius 3 is 2.76 bits per heavy atom. The molecular formula is C19H20N8O2. The number of anilines is 4. The summed E-state index contributed by atoms with van der Waals surface area (Å²) in [6.07, 6.45) is 1.46. The van der Waals surface area contributed by atoms with Gasteiger partial charge >= 0.3 is 0 Å². The van der Waals surface area contributed by atoms with E-state index in [1.165, 1.54) is 10.9 Å². The zero-order valence-corrected chi connectivity index (χ0v) is 15.9. The van der Waals surface area contributed by atoms with E-state index in [-0.39, 0.29) is 5.95 Å². The molecule has 0 spiro atoms. The van der Waals surface area contributed by atoms with Crippen molar-refractivity contribution in [3.8, 4) is 17.6 Å². The molecule has 0 bridgehead atoms. The molecule has 0 aliphatic carbocycles. The Hall–Kier alpha value is -3.84. The average molecular weight is 392 g/mol. The highest BCUT2D eigenvalue weighted by atomic mass is 16.5. The number of nitrogens with zero attached hydrogens (tertiary/aromatic N) is 6. The van der Waals surface area contributed by atoms with E-state index in [2.05, 4.69) is 25.3 Å². The lowest BCUT2D eigenvalue weighted by molar-refractivity contribution is 0.122. The van der Waals surface area contributed by atoms with Crippen LogP contribution in [0.1, 0.15) is 5.56 Å². The summed E-state index contributed by atoms with van der Waals surface area (Å²) in [6.45, 7) is 3.07. The highest BCUT2D eigenvalue weighted by molar-refractivity contribution is 5.69. The average Bonchev–Trinajstić information content (AvgIpc) is 3.14. The molecule has 29 heavy (non-hydrogen) atoms. The molecule has 148 valence electrons. The van der Waals surface area contributed by atoms with E-state index in [9.17, 15) is 0 Å². The van der Waals surface area contributed by atoms with Gasteiger partial charge in [0.25, 0.3) is 0 Å². The third kappa shape index (κ3) is 3.90. The molecule has 1 aromatic carbocycles. The predicted molar refractivity (Wildman–Crippen MR) is 108 cm³/mol. The molecule has 0 amide bonds. The SMILES string of the molecule is COc1ccc(N2CCOCC2)cc1Nc1nc(N)n(-c2ccc(C#N)cn2)n1. The highest BCUT2D eigenvalue weighted by Gasteiger charge is 2.16. The van der Waals surface area contributed by atoms with E-state index in [0.29, 0.717) is 36.3 Å². The van der Waals surface area contributed by atoms with Crippen LogP contribution in [0.25, 0.3) is 5.82 Å². The van der Waals surface area contributed by atoms with Gasteiger partial charge in [0.05, 0.1) is 31.6 Å². The number of aromatic nitrogens is 4. The second-order valence-corrected chi connectivity index (χ2v) is 6.33. The maximum atomic E-state index is 8.91. The first-order valence-electron chi connectivity index (χ1n) is 9.05. The fourth-order valence-corrected chi connectivity index (χ4v) is 3.06. The fourth-order valence-electron chi connectivity index (χ4n) is 3.06. The molecule has 1 aliphatic rings. The van der Waals surface area contributed by atoms with Crippen LogP contribution in [-0.2, 0) is 4.74 Å². The molecule has 3 heterocycles. The van der Waals surface area contributed by atoms with E-state index in [4.69, 9.17) is 20.5 Å². The molecular weight excluding hydrogens is 372 g/mol. The minimum atomic E-state index is 0.174. The second-order valence-electron chi connectivity index (χ2n) is 6.33. The quantitative estimate of drug-likeness (QED) is 0.667. The summed E-state index contributed by atoms with van der Waals surface area (Å²) in [5.74, 6) is 1.61. The van der Waals surface area contributed by atoms with Crippen LogP contribution >= 0.6 is 0 Å². The number of methoxy groups -OCH3 is 1. The van der Waals surface area contributed by atoms with Gasteiger partial charge in [-0.15, -0.1) is 5.10 Å². The van der Waals surface area contributed by atoms with Gasteiger partial charge < -0.3 is 25.4 Å². The Balaban J connectivity index is 1.60. The summed E-state index contributed by atoms with van der Waals surface area (Å²) in [5, 5.41) is 16.5. The normalized spacial score (nSPS) is 13.7. The Bertz CT molecular complexity index is 1040. The van der Waals surface area contributed by atoms with Crippen molar-refractivity contribution in [2.45, 2.75) is 0 Å². The number of nitrogens with one attached hydrogen (secondary N) is 1. The zero-order valence-electron chi connectivity index (χ0n) is 15.9. The van der Waals surface area contributed by atoms with Crippen molar-refractivity contribution in [3.63, 3.8) is 0 Å². The van der Waals surface area contributed by atoms with E-state index in [1.54, 1.807) is 19.2 Å². The molecule has 2 aromatic heterocycles. The molecule has 0 radical (unpaired) electrons. The van der Waals surface area contributed by atoms with Crippen molar-refractivity contribution < 1.29 is 9.47 Å². The van der Waals surface area contributed by atoms with Gasteiger partial charge in [-0.3, -0.25) is 0 Å². The van der Waals surface area contributed by atoms with Gasteiger partial charge in [0.1, 0.15) is 11.8 Å².